The highest BCUT2D eigenvalue weighted by molar-refractivity contribution is 5.68. The predicted molar refractivity (Wildman–Crippen MR) is 82.2 cm³/mol. The van der Waals surface area contributed by atoms with Crippen molar-refractivity contribution in [1.29, 1.82) is 0 Å². The highest BCUT2D eigenvalue weighted by atomic mass is 16.6. The lowest BCUT2D eigenvalue weighted by molar-refractivity contribution is 0.0178. The summed E-state index contributed by atoms with van der Waals surface area (Å²) in [7, 11) is 0. The Labute approximate surface area is 128 Å². The van der Waals surface area contributed by atoms with E-state index in [4.69, 9.17) is 4.74 Å². The van der Waals surface area contributed by atoms with Crippen LogP contribution in [0.25, 0.3) is 0 Å². The van der Waals surface area contributed by atoms with Gasteiger partial charge in [0.25, 0.3) is 0 Å². The third kappa shape index (κ3) is 5.47. The lowest BCUT2D eigenvalue weighted by Gasteiger charge is -2.37. The zero-order valence-electron chi connectivity index (χ0n) is 13.6. The Morgan fingerprint density at radius 3 is 2.43 bits per heavy atom. The van der Waals surface area contributed by atoms with E-state index in [2.05, 4.69) is 5.32 Å². The molecule has 1 heterocycles. The summed E-state index contributed by atoms with van der Waals surface area (Å²) in [4.78, 5) is 14.0. The Balaban J connectivity index is 1.79. The molecular weight excluding hydrogens is 268 g/mol. The van der Waals surface area contributed by atoms with Crippen molar-refractivity contribution in [2.45, 2.75) is 83.1 Å². The molecule has 5 heteroatoms. The standard InChI is InChI=1S/C16H30N2O3/c1-16(2,3)21-15(20)18-10-4-5-13(11-18)17-12-6-8-14(19)9-7-12/h12-14,17,19H,4-11H2,1-3H3/t12?,13-,14?/m1/s1. The molecule has 0 aromatic rings. The van der Waals surface area contributed by atoms with E-state index in [0.717, 1.165) is 51.6 Å². The molecule has 2 N–H and O–H groups in total. The molecule has 2 aliphatic rings. The number of likely N-dealkylation sites (tertiary alicyclic amines) is 1. The Hall–Kier alpha value is -0.810. The van der Waals surface area contributed by atoms with Gasteiger partial charge in [0.15, 0.2) is 0 Å². The van der Waals surface area contributed by atoms with Gasteiger partial charge in [0.2, 0.25) is 0 Å². The second-order valence-electron chi connectivity index (χ2n) is 7.44. The molecule has 1 aliphatic heterocycles. The first-order valence-corrected chi connectivity index (χ1v) is 8.25. The molecule has 1 amide bonds. The van der Waals surface area contributed by atoms with Crippen LogP contribution in [0, 0.1) is 0 Å². The fourth-order valence-corrected chi connectivity index (χ4v) is 3.18. The minimum absolute atomic E-state index is 0.118. The van der Waals surface area contributed by atoms with Gasteiger partial charge in [-0.3, -0.25) is 0 Å². The van der Waals surface area contributed by atoms with Gasteiger partial charge in [-0.25, -0.2) is 4.79 Å². The molecule has 1 saturated heterocycles. The van der Waals surface area contributed by atoms with Gasteiger partial charge in [-0.2, -0.15) is 0 Å². The molecule has 0 aromatic heterocycles. The number of carbonyl (C=O) groups is 1. The molecule has 21 heavy (non-hydrogen) atoms. The van der Waals surface area contributed by atoms with E-state index in [0.29, 0.717) is 12.1 Å². The molecule has 0 spiro atoms. The summed E-state index contributed by atoms with van der Waals surface area (Å²) in [6, 6.07) is 0.837. The predicted octanol–water partition coefficient (Wildman–Crippen LogP) is 2.28. The number of ether oxygens (including phenoxy) is 1. The number of nitrogens with zero attached hydrogens (tertiary/aromatic N) is 1. The molecule has 122 valence electrons. The first-order chi connectivity index (χ1) is 9.83. The largest absolute Gasteiger partial charge is 0.444 e. The number of aliphatic hydroxyl groups is 1. The van der Waals surface area contributed by atoms with Gasteiger partial charge in [0, 0.05) is 25.2 Å². The number of aliphatic hydroxyl groups excluding tert-OH is 1. The second-order valence-corrected chi connectivity index (χ2v) is 7.44. The fraction of sp³-hybridized carbons (Fsp3) is 0.938. The quantitative estimate of drug-likeness (QED) is 0.821. The lowest BCUT2D eigenvalue weighted by Crippen LogP contribution is -2.52. The monoisotopic (exact) mass is 298 g/mol. The van der Waals surface area contributed by atoms with Crippen LogP contribution in [0.2, 0.25) is 0 Å². The van der Waals surface area contributed by atoms with E-state index in [1.807, 2.05) is 25.7 Å². The zero-order chi connectivity index (χ0) is 15.5. The smallest absolute Gasteiger partial charge is 0.410 e. The van der Waals surface area contributed by atoms with Crippen molar-refractivity contribution in [2.24, 2.45) is 0 Å². The Bertz CT molecular complexity index is 346. The number of hydrogen-bond donors (Lipinski definition) is 2. The third-order valence-electron chi connectivity index (χ3n) is 4.24. The maximum Gasteiger partial charge on any atom is 0.410 e. The average molecular weight is 298 g/mol. The molecule has 0 radical (unpaired) electrons. The number of nitrogens with one attached hydrogen (secondary N) is 1. The lowest BCUT2D eigenvalue weighted by atomic mass is 9.92. The van der Waals surface area contributed by atoms with Crippen LogP contribution in [0.15, 0.2) is 0 Å². The summed E-state index contributed by atoms with van der Waals surface area (Å²) in [5.41, 5.74) is -0.434. The fourth-order valence-electron chi connectivity index (χ4n) is 3.18. The van der Waals surface area contributed by atoms with Gasteiger partial charge in [0.05, 0.1) is 6.10 Å². The molecule has 0 bridgehead atoms. The van der Waals surface area contributed by atoms with Crippen LogP contribution in [0.3, 0.4) is 0 Å². The highest BCUT2D eigenvalue weighted by Crippen LogP contribution is 2.21. The second kappa shape index (κ2) is 6.97. The third-order valence-corrected chi connectivity index (χ3v) is 4.24. The molecule has 0 unspecified atom stereocenters. The minimum Gasteiger partial charge on any atom is -0.444 e. The van der Waals surface area contributed by atoms with Crippen molar-refractivity contribution >= 4 is 6.09 Å². The Morgan fingerprint density at radius 1 is 1.14 bits per heavy atom. The maximum atomic E-state index is 12.1. The van der Waals surface area contributed by atoms with Gasteiger partial charge in [-0.15, -0.1) is 0 Å². The van der Waals surface area contributed by atoms with Crippen molar-refractivity contribution < 1.29 is 14.6 Å². The first kappa shape index (κ1) is 16.6. The summed E-state index contributed by atoms with van der Waals surface area (Å²) >= 11 is 0. The summed E-state index contributed by atoms with van der Waals surface area (Å²) in [6.07, 6.45) is 5.65. The van der Waals surface area contributed by atoms with Crippen LogP contribution in [0.5, 0.6) is 0 Å². The van der Waals surface area contributed by atoms with Crippen molar-refractivity contribution in [2.75, 3.05) is 13.1 Å². The van der Waals surface area contributed by atoms with Gasteiger partial charge >= 0.3 is 6.09 Å². The molecule has 1 saturated carbocycles. The van der Waals surface area contributed by atoms with Gasteiger partial charge in [0.1, 0.15) is 5.60 Å². The Morgan fingerprint density at radius 2 is 1.81 bits per heavy atom. The summed E-state index contributed by atoms with van der Waals surface area (Å²) in [5, 5.41) is 13.2. The number of amides is 1. The van der Waals surface area contributed by atoms with E-state index in [-0.39, 0.29) is 12.2 Å². The van der Waals surface area contributed by atoms with Crippen LogP contribution in [-0.4, -0.2) is 53.0 Å². The normalized spacial score (nSPS) is 31.0. The molecule has 0 aromatic carbocycles. The number of hydrogen-bond acceptors (Lipinski definition) is 4. The van der Waals surface area contributed by atoms with Crippen molar-refractivity contribution in [3.63, 3.8) is 0 Å². The highest BCUT2D eigenvalue weighted by Gasteiger charge is 2.29. The van der Waals surface area contributed by atoms with Crippen molar-refractivity contribution in [3.8, 4) is 0 Å². The van der Waals surface area contributed by atoms with Crippen LogP contribution in [0.1, 0.15) is 59.3 Å². The van der Waals surface area contributed by atoms with Gasteiger partial charge < -0.3 is 20.1 Å². The first-order valence-electron chi connectivity index (χ1n) is 8.25. The summed E-state index contributed by atoms with van der Waals surface area (Å²) in [6.45, 7) is 7.22. The number of piperidine rings is 1. The maximum absolute atomic E-state index is 12.1. The van der Waals surface area contributed by atoms with E-state index in [1.165, 1.54) is 0 Å². The zero-order valence-corrected chi connectivity index (χ0v) is 13.6. The number of rotatable bonds is 2. The van der Waals surface area contributed by atoms with Crippen molar-refractivity contribution in [1.82, 2.24) is 10.2 Å². The summed E-state index contributed by atoms with van der Waals surface area (Å²) < 4.78 is 5.46. The van der Waals surface area contributed by atoms with Crippen LogP contribution in [-0.2, 0) is 4.74 Å². The number of carbonyl (C=O) groups excluding carboxylic acids is 1. The molecule has 2 fully saturated rings. The summed E-state index contributed by atoms with van der Waals surface area (Å²) in [5.74, 6) is 0. The van der Waals surface area contributed by atoms with Crippen molar-refractivity contribution in [3.05, 3.63) is 0 Å². The average Bonchev–Trinajstić information content (AvgIpc) is 2.40. The SMILES string of the molecule is CC(C)(C)OC(=O)N1CCC[C@@H](NC2CCC(O)CC2)C1. The van der Waals surface area contributed by atoms with Crippen LogP contribution < -0.4 is 5.32 Å². The minimum atomic E-state index is -0.434. The van der Waals surface area contributed by atoms with Crippen LogP contribution >= 0.6 is 0 Å². The van der Waals surface area contributed by atoms with Gasteiger partial charge in [-0.05, 0) is 59.3 Å². The van der Waals surface area contributed by atoms with E-state index in [9.17, 15) is 9.90 Å². The topological polar surface area (TPSA) is 61.8 Å². The molecule has 1 atom stereocenters. The molecule has 1 aliphatic carbocycles. The van der Waals surface area contributed by atoms with E-state index < -0.39 is 5.60 Å². The molecule has 2 rings (SSSR count). The molecular formula is C16H30N2O3. The molecule has 5 nitrogen and oxygen atoms in total. The van der Waals surface area contributed by atoms with Crippen LogP contribution in [0.4, 0.5) is 4.79 Å². The van der Waals surface area contributed by atoms with Gasteiger partial charge in [-0.1, -0.05) is 0 Å². The Kier molecular flexibility index (Phi) is 5.49. The van der Waals surface area contributed by atoms with E-state index in [1.54, 1.807) is 0 Å². The van der Waals surface area contributed by atoms with E-state index >= 15 is 0 Å².